The minimum atomic E-state index is -0.238. The number of carbonyl (C=O) groups is 1. The molecule has 6 nitrogen and oxygen atoms in total. The number of phenols is 1. The summed E-state index contributed by atoms with van der Waals surface area (Å²) in [7, 11) is 0. The summed E-state index contributed by atoms with van der Waals surface area (Å²) >= 11 is 1.62. The molecule has 1 aliphatic heterocycles. The first-order valence-electron chi connectivity index (χ1n) is 10.1. The first-order chi connectivity index (χ1) is 14.7. The molecule has 1 aromatic carbocycles. The number of furan rings is 1. The van der Waals surface area contributed by atoms with Crippen molar-refractivity contribution < 1.29 is 14.3 Å². The fourth-order valence-electron chi connectivity index (χ4n) is 3.71. The highest BCUT2D eigenvalue weighted by atomic mass is 32.1. The van der Waals surface area contributed by atoms with E-state index < -0.39 is 0 Å². The van der Waals surface area contributed by atoms with Crippen molar-refractivity contribution >= 4 is 23.0 Å². The van der Waals surface area contributed by atoms with Crippen LogP contribution in [0.2, 0.25) is 0 Å². The van der Waals surface area contributed by atoms with Crippen molar-refractivity contribution in [2.24, 2.45) is 5.10 Å². The molecule has 1 N–H and O–H groups in total. The summed E-state index contributed by atoms with van der Waals surface area (Å²) in [4.78, 5) is 16.4. The van der Waals surface area contributed by atoms with Gasteiger partial charge in [-0.05, 0) is 42.6 Å². The maximum atomic E-state index is 13.3. The van der Waals surface area contributed by atoms with E-state index in [1.54, 1.807) is 34.7 Å². The number of nitrogens with zero attached hydrogens (tertiary/aromatic N) is 3. The molecular formula is C23H25N3O3S. The van der Waals surface area contributed by atoms with Gasteiger partial charge in [-0.1, -0.05) is 31.2 Å². The smallest absolute Gasteiger partial charge is 0.257 e. The third kappa shape index (κ3) is 4.47. The maximum Gasteiger partial charge on any atom is 0.257 e. The lowest BCUT2D eigenvalue weighted by molar-refractivity contribution is -0.134. The van der Waals surface area contributed by atoms with Crippen molar-refractivity contribution in [2.75, 3.05) is 13.1 Å². The summed E-state index contributed by atoms with van der Waals surface area (Å²) in [5.41, 5.74) is 1.72. The average Bonchev–Trinajstić information content (AvgIpc) is 3.49. The molecule has 0 saturated carbocycles. The molecule has 30 heavy (non-hydrogen) atoms. The molecule has 0 bridgehead atoms. The summed E-state index contributed by atoms with van der Waals surface area (Å²) < 4.78 is 5.62. The molecular weight excluding hydrogens is 398 g/mol. The summed E-state index contributed by atoms with van der Waals surface area (Å²) in [6, 6.07) is 14.8. The Bertz CT molecular complexity index is 999. The predicted octanol–water partition coefficient (Wildman–Crippen LogP) is 4.64. The molecule has 1 unspecified atom stereocenters. The van der Waals surface area contributed by atoms with Crippen molar-refractivity contribution in [1.82, 2.24) is 9.91 Å². The quantitative estimate of drug-likeness (QED) is 0.573. The summed E-state index contributed by atoms with van der Waals surface area (Å²) in [5.74, 6) is 0.909. The second kappa shape index (κ2) is 9.28. The van der Waals surface area contributed by atoms with E-state index >= 15 is 0 Å². The van der Waals surface area contributed by atoms with E-state index in [1.165, 1.54) is 0 Å². The zero-order valence-corrected chi connectivity index (χ0v) is 17.7. The highest BCUT2D eigenvalue weighted by Crippen LogP contribution is 2.34. The number of phenolic OH excluding ortho intramolecular Hbond substituents is 1. The molecule has 4 rings (SSSR count). The summed E-state index contributed by atoms with van der Waals surface area (Å²) in [5, 5.41) is 18.4. The number of benzene rings is 1. The zero-order chi connectivity index (χ0) is 20.9. The van der Waals surface area contributed by atoms with Gasteiger partial charge in [0.25, 0.3) is 5.91 Å². The molecule has 156 valence electrons. The second-order valence-electron chi connectivity index (χ2n) is 7.34. The number of amides is 1. The Morgan fingerprint density at radius 3 is 2.83 bits per heavy atom. The molecule has 1 atom stereocenters. The maximum absolute atomic E-state index is 13.3. The fourth-order valence-corrected chi connectivity index (χ4v) is 4.43. The molecule has 1 aliphatic rings. The largest absolute Gasteiger partial charge is 0.508 e. The summed E-state index contributed by atoms with van der Waals surface area (Å²) in [6.07, 6.45) is 3.17. The Balaban J connectivity index is 1.54. The third-order valence-corrected chi connectivity index (χ3v) is 6.05. The standard InChI is InChI=1S/C23H25N3O3S/c1-2-11-25(15-17-7-3-4-8-20(17)27)16-23(28)26-19(21-9-5-12-29-21)14-18(24-26)22-10-6-13-30-22/h3-10,12-13,19,27H,2,11,14-16H2,1H3. The van der Waals surface area contributed by atoms with E-state index in [1.807, 2.05) is 41.8 Å². The van der Waals surface area contributed by atoms with Crippen LogP contribution in [0.3, 0.4) is 0 Å². The van der Waals surface area contributed by atoms with E-state index in [-0.39, 0.29) is 24.2 Å². The van der Waals surface area contributed by atoms with Gasteiger partial charge in [0.1, 0.15) is 17.6 Å². The van der Waals surface area contributed by atoms with Crippen molar-refractivity contribution in [3.05, 3.63) is 76.4 Å². The van der Waals surface area contributed by atoms with Crippen LogP contribution >= 0.6 is 11.3 Å². The van der Waals surface area contributed by atoms with Gasteiger partial charge in [0.2, 0.25) is 0 Å². The second-order valence-corrected chi connectivity index (χ2v) is 8.28. The molecule has 2 aromatic heterocycles. The van der Waals surface area contributed by atoms with Gasteiger partial charge in [-0.25, -0.2) is 5.01 Å². The normalized spacial score (nSPS) is 16.3. The highest BCUT2D eigenvalue weighted by Gasteiger charge is 2.35. The van der Waals surface area contributed by atoms with Crippen molar-refractivity contribution in [3.63, 3.8) is 0 Å². The van der Waals surface area contributed by atoms with Crippen LogP contribution in [0.15, 0.2) is 69.7 Å². The Morgan fingerprint density at radius 1 is 1.27 bits per heavy atom. The molecule has 1 amide bonds. The third-order valence-electron chi connectivity index (χ3n) is 5.13. The van der Waals surface area contributed by atoms with Gasteiger partial charge in [-0.3, -0.25) is 9.69 Å². The molecule has 0 spiro atoms. The topological polar surface area (TPSA) is 69.3 Å². The van der Waals surface area contributed by atoms with E-state index in [0.29, 0.717) is 13.0 Å². The number of aromatic hydroxyl groups is 1. The van der Waals surface area contributed by atoms with Gasteiger partial charge in [0.05, 0.1) is 23.4 Å². The number of thiophene rings is 1. The van der Waals surface area contributed by atoms with Crippen LogP contribution < -0.4 is 0 Å². The SMILES string of the molecule is CCCN(CC(=O)N1N=C(c2cccs2)CC1c1ccco1)Cc1ccccc1O. The molecule has 0 radical (unpaired) electrons. The monoisotopic (exact) mass is 423 g/mol. The number of hydrazone groups is 1. The Morgan fingerprint density at radius 2 is 2.13 bits per heavy atom. The van der Waals surface area contributed by atoms with Crippen LogP contribution in [0.1, 0.15) is 42.0 Å². The highest BCUT2D eigenvalue weighted by molar-refractivity contribution is 7.12. The molecule has 7 heteroatoms. The Labute approximate surface area is 180 Å². The van der Waals surface area contributed by atoms with E-state index in [2.05, 4.69) is 16.9 Å². The van der Waals surface area contributed by atoms with Gasteiger partial charge >= 0.3 is 0 Å². The van der Waals surface area contributed by atoms with Gasteiger partial charge in [0, 0.05) is 18.5 Å². The van der Waals surface area contributed by atoms with Crippen molar-refractivity contribution in [3.8, 4) is 5.75 Å². The molecule has 3 aromatic rings. The van der Waals surface area contributed by atoms with Crippen LogP contribution in [0.4, 0.5) is 0 Å². The Kier molecular flexibility index (Phi) is 6.30. The number of hydrogen-bond donors (Lipinski definition) is 1. The van der Waals surface area contributed by atoms with E-state index in [9.17, 15) is 9.90 Å². The number of carbonyl (C=O) groups excluding carboxylic acids is 1. The lowest BCUT2D eigenvalue weighted by Gasteiger charge is -2.26. The van der Waals surface area contributed by atoms with Crippen molar-refractivity contribution in [1.29, 1.82) is 0 Å². The van der Waals surface area contributed by atoms with Gasteiger partial charge < -0.3 is 9.52 Å². The van der Waals surface area contributed by atoms with Crippen LogP contribution in [0.25, 0.3) is 0 Å². The first kappa shape index (κ1) is 20.4. The van der Waals surface area contributed by atoms with E-state index in [4.69, 9.17) is 4.42 Å². The van der Waals surface area contributed by atoms with E-state index in [0.717, 1.165) is 34.9 Å². The van der Waals surface area contributed by atoms with Crippen LogP contribution in [0.5, 0.6) is 5.75 Å². The van der Waals surface area contributed by atoms with Crippen LogP contribution in [-0.2, 0) is 11.3 Å². The molecule has 0 fully saturated rings. The zero-order valence-electron chi connectivity index (χ0n) is 16.9. The fraction of sp³-hybridized carbons (Fsp3) is 0.304. The summed E-state index contributed by atoms with van der Waals surface area (Å²) in [6.45, 7) is 3.56. The minimum Gasteiger partial charge on any atom is -0.508 e. The van der Waals surface area contributed by atoms with Gasteiger partial charge in [0.15, 0.2) is 0 Å². The van der Waals surface area contributed by atoms with Gasteiger partial charge in [-0.2, -0.15) is 5.10 Å². The number of rotatable bonds is 8. The van der Waals surface area contributed by atoms with Crippen LogP contribution in [0, 0.1) is 0 Å². The van der Waals surface area contributed by atoms with Crippen molar-refractivity contribution in [2.45, 2.75) is 32.4 Å². The van der Waals surface area contributed by atoms with Crippen LogP contribution in [-0.4, -0.2) is 39.7 Å². The van der Waals surface area contributed by atoms with Gasteiger partial charge in [-0.15, -0.1) is 11.3 Å². The predicted molar refractivity (Wildman–Crippen MR) is 117 cm³/mol. The number of hydrogen-bond acceptors (Lipinski definition) is 6. The molecule has 3 heterocycles. The number of para-hydroxylation sites is 1. The minimum absolute atomic E-state index is 0.0770. The first-order valence-corrected chi connectivity index (χ1v) is 11.0. The lowest BCUT2D eigenvalue weighted by Crippen LogP contribution is -2.38. The molecule has 0 saturated heterocycles. The average molecular weight is 424 g/mol. The molecule has 0 aliphatic carbocycles. The lowest BCUT2D eigenvalue weighted by atomic mass is 10.1. The Hall–Kier alpha value is -2.90.